The van der Waals surface area contributed by atoms with E-state index in [-0.39, 0.29) is 0 Å². The van der Waals surface area contributed by atoms with Gasteiger partial charge in [0.2, 0.25) is 0 Å². The second kappa shape index (κ2) is 7.20. The fourth-order valence-electron chi connectivity index (χ4n) is 2.88. The fourth-order valence-corrected chi connectivity index (χ4v) is 3.05. The van der Waals surface area contributed by atoms with Crippen LogP contribution in [0.2, 0.25) is 0 Å². The van der Waals surface area contributed by atoms with Gasteiger partial charge in [-0.25, -0.2) is 0 Å². The molecule has 0 unspecified atom stereocenters. The third-order valence-electron chi connectivity index (χ3n) is 3.98. The van der Waals surface area contributed by atoms with E-state index >= 15 is 0 Å². The molecule has 1 aliphatic rings. The molecule has 1 aromatic carbocycles. The molecule has 4 nitrogen and oxygen atoms in total. The molecule has 0 aromatic heterocycles. The Balaban J connectivity index is 1.80. The molecule has 1 aromatic rings. The SMILES string of the molecule is CN(CCOc1ccccc1C(N)=S)CC1(O)CCCC1. The number of para-hydroxylation sites is 1. The van der Waals surface area contributed by atoms with Crippen molar-refractivity contribution in [3.05, 3.63) is 29.8 Å². The first-order chi connectivity index (χ1) is 10.0. The first-order valence-electron chi connectivity index (χ1n) is 7.43. The smallest absolute Gasteiger partial charge is 0.129 e. The summed E-state index contributed by atoms with van der Waals surface area (Å²) in [5.41, 5.74) is 5.94. The number of hydrogen-bond acceptors (Lipinski definition) is 4. The summed E-state index contributed by atoms with van der Waals surface area (Å²) in [4.78, 5) is 2.47. The van der Waals surface area contributed by atoms with Crippen molar-refractivity contribution in [1.82, 2.24) is 4.90 Å². The van der Waals surface area contributed by atoms with Gasteiger partial charge >= 0.3 is 0 Å². The zero-order chi connectivity index (χ0) is 15.3. The molecule has 0 saturated heterocycles. The second-order valence-corrected chi connectivity index (χ2v) is 6.32. The van der Waals surface area contributed by atoms with Crippen LogP contribution in [-0.4, -0.2) is 47.3 Å². The Kier molecular flexibility index (Phi) is 5.56. The van der Waals surface area contributed by atoms with Gasteiger partial charge in [0, 0.05) is 13.1 Å². The van der Waals surface area contributed by atoms with E-state index in [1.165, 1.54) is 0 Å². The summed E-state index contributed by atoms with van der Waals surface area (Å²) in [5.74, 6) is 0.720. The number of benzene rings is 1. The first-order valence-corrected chi connectivity index (χ1v) is 7.84. The molecule has 2 rings (SSSR count). The van der Waals surface area contributed by atoms with Crippen LogP contribution in [0, 0.1) is 0 Å². The molecule has 0 atom stereocenters. The zero-order valence-corrected chi connectivity index (χ0v) is 13.4. The van der Waals surface area contributed by atoms with Crippen molar-refractivity contribution >= 4 is 17.2 Å². The number of rotatable bonds is 7. The Morgan fingerprint density at radius 1 is 1.38 bits per heavy atom. The molecule has 0 aliphatic heterocycles. The average Bonchev–Trinajstić information content (AvgIpc) is 2.85. The van der Waals surface area contributed by atoms with Crippen LogP contribution in [0.5, 0.6) is 5.75 Å². The number of likely N-dealkylation sites (N-methyl/N-ethyl adjacent to an activating group) is 1. The lowest BCUT2D eigenvalue weighted by Crippen LogP contribution is -2.40. The van der Waals surface area contributed by atoms with Gasteiger partial charge < -0.3 is 20.5 Å². The molecule has 0 radical (unpaired) electrons. The van der Waals surface area contributed by atoms with Gasteiger partial charge in [0.15, 0.2) is 0 Å². The van der Waals surface area contributed by atoms with Gasteiger partial charge in [-0.1, -0.05) is 37.2 Å². The fraction of sp³-hybridized carbons (Fsp3) is 0.562. The van der Waals surface area contributed by atoms with Crippen molar-refractivity contribution in [2.75, 3.05) is 26.7 Å². The van der Waals surface area contributed by atoms with Crippen LogP contribution in [0.1, 0.15) is 31.2 Å². The maximum atomic E-state index is 10.4. The van der Waals surface area contributed by atoms with E-state index in [0.29, 0.717) is 18.1 Å². The summed E-state index contributed by atoms with van der Waals surface area (Å²) in [6.07, 6.45) is 4.06. The Bertz CT molecular complexity index is 487. The Hall–Kier alpha value is -1.17. The number of hydrogen-bond donors (Lipinski definition) is 2. The highest BCUT2D eigenvalue weighted by Gasteiger charge is 2.31. The van der Waals surface area contributed by atoms with Gasteiger partial charge in [0.05, 0.1) is 11.2 Å². The number of aliphatic hydroxyl groups is 1. The van der Waals surface area contributed by atoms with Crippen LogP contribution in [-0.2, 0) is 0 Å². The number of thiocarbonyl (C=S) groups is 1. The van der Waals surface area contributed by atoms with E-state index in [1.807, 2.05) is 31.3 Å². The van der Waals surface area contributed by atoms with Crippen LogP contribution in [0.3, 0.4) is 0 Å². The molecule has 0 heterocycles. The molecule has 1 fully saturated rings. The van der Waals surface area contributed by atoms with Crippen LogP contribution >= 0.6 is 12.2 Å². The number of nitrogens with zero attached hydrogens (tertiary/aromatic N) is 1. The van der Waals surface area contributed by atoms with Crippen molar-refractivity contribution in [2.45, 2.75) is 31.3 Å². The van der Waals surface area contributed by atoms with Crippen LogP contribution in [0.25, 0.3) is 0 Å². The molecule has 1 aliphatic carbocycles. The van der Waals surface area contributed by atoms with Crippen molar-refractivity contribution < 1.29 is 9.84 Å². The molecular formula is C16H24N2O2S. The summed E-state index contributed by atoms with van der Waals surface area (Å²) >= 11 is 5.02. The lowest BCUT2D eigenvalue weighted by atomic mass is 10.0. The minimum absolute atomic E-state index is 0.347. The molecule has 1 saturated carbocycles. The van der Waals surface area contributed by atoms with E-state index in [9.17, 15) is 5.11 Å². The highest BCUT2D eigenvalue weighted by Crippen LogP contribution is 2.29. The third kappa shape index (κ3) is 4.66. The van der Waals surface area contributed by atoms with E-state index in [2.05, 4.69) is 4.90 Å². The zero-order valence-electron chi connectivity index (χ0n) is 12.5. The molecule has 0 bridgehead atoms. The van der Waals surface area contributed by atoms with Crippen LogP contribution < -0.4 is 10.5 Å². The lowest BCUT2D eigenvalue weighted by molar-refractivity contribution is 0.0139. The summed E-state index contributed by atoms with van der Waals surface area (Å²) < 4.78 is 5.78. The van der Waals surface area contributed by atoms with Gasteiger partial charge in [-0.2, -0.15) is 0 Å². The standard InChI is InChI=1S/C16H24N2O2S/c1-18(12-16(19)8-4-5-9-16)10-11-20-14-7-3-2-6-13(14)15(17)21/h2-3,6-7,19H,4-5,8-12H2,1H3,(H2,17,21). The predicted molar refractivity (Wildman–Crippen MR) is 88.7 cm³/mol. The van der Waals surface area contributed by atoms with Crippen molar-refractivity contribution in [3.8, 4) is 5.75 Å². The molecule has 116 valence electrons. The molecule has 5 heteroatoms. The second-order valence-electron chi connectivity index (χ2n) is 5.88. The quantitative estimate of drug-likeness (QED) is 0.754. The topological polar surface area (TPSA) is 58.7 Å². The summed E-state index contributed by atoms with van der Waals surface area (Å²) in [6, 6.07) is 7.53. The monoisotopic (exact) mass is 308 g/mol. The molecular weight excluding hydrogens is 284 g/mol. The first kappa shape index (κ1) is 16.2. The van der Waals surface area contributed by atoms with Gasteiger partial charge in [-0.05, 0) is 32.0 Å². The van der Waals surface area contributed by atoms with Crippen LogP contribution in [0.15, 0.2) is 24.3 Å². The van der Waals surface area contributed by atoms with E-state index in [1.54, 1.807) is 0 Å². The van der Waals surface area contributed by atoms with Crippen molar-refractivity contribution in [3.63, 3.8) is 0 Å². The molecule has 21 heavy (non-hydrogen) atoms. The highest BCUT2D eigenvalue weighted by atomic mass is 32.1. The summed E-state index contributed by atoms with van der Waals surface area (Å²) in [7, 11) is 2.01. The van der Waals surface area contributed by atoms with Gasteiger partial charge in [-0.3, -0.25) is 0 Å². The lowest BCUT2D eigenvalue weighted by Gasteiger charge is -2.28. The van der Waals surface area contributed by atoms with E-state index in [4.69, 9.17) is 22.7 Å². The Morgan fingerprint density at radius 3 is 2.71 bits per heavy atom. The average molecular weight is 308 g/mol. The number of ether oxygens (including phenoxy) is 1. The molecule has 0 spiro atoms. The van der Waals surface area contributed by atoms with E-state index in [0.717, 1.165) is 43.5 Å². The van der Waals surface area contributed by atoms with Gasteiger partial charge in [0.25, 0.3) is 0 Å². The van der Waals surface area contributed by atoms with E-state index < -0.39 is 5.60 Å². The Morgan fingerprint density at radius 2 is 2.05 bits per heavy atom. The highest BCUT2D eigenvalue weighted by molar-refractivity contribution is 7.80. The normalized spacial score (nSPS) is 17.1. The Labute approximate surface area is 131 Å². The van der Waals surface area contributed by atoms with Crippen molar-refractivity contribution in [1.29, 1.82) is 0 Å². The van der Waals surface area contributed by atoms with Gasteiger partial charge in [-0.15, -0.1) is 0 Å². The number of nitrogens with two attached hydrogens (primary N) is 1. The summed E-state index contributed by atoms with van der Waals surface area (Å²) in [6.45, 7) is 2.01. The largest absolute Gasteiger partial charge is 0.492 e. The molecule has 3 N–H and O–H groups in total. The third-order valence-corrected chi connectivity index (χ3v) is 4.20. The minimum atomic E-state index is -0.508. The van der Waals surface area contributed by atoms with Crippen molar-refractivity contribution in [2.24, 2.45) is 5.73 Å². The van der Waals surface area contributed by atoms with Gasteiger partial charge in [0.1, 0.15) is 17.3 Å². The maximum Gasteiger partial charge on any atom is 0.129 e. The minimum Gasteiger partial charge on any atom is -0.492 e. The molecule has 0 amide bonds. The summed E-state index contributed by atoms with van der Waals surface area (Å²) in [5, 5.41) is 10.4. The maximum absolute atomic E-state index is 10.4. The van der Waals surface area contributed by atoms with Crippen LogP contribution in [0.4, 0.5) is 0 Å². The predicted octanol–water partition coefficient (Wildman–Crippen LogP) is 1.94.